The fourth-order valence-corrected chi connectivity index (χ4v) is 4.03. The van der Waals surface area contributed by atoms with E-state index in [2.05, 4.69) is 4.98 Å². The van der Waals surface area contributed by atoms with Crippen LogP contribution in [0.1, 0.15) is 37.7 Å². The molecule has 0 amide bonds. The van der Waals surface area contributed by atoms with Gasteiger partial charge in [-0.2, -0.15) is 0 Å². The molecule has 1 saturated carbocycles. The maximum atomic E-state index is 11.9. The summed E-state index contributed by atoms with van der Waals surface area (Å²) >= 11 is 0. The van der Waals surface area contributed by atoms with E-state index in [0.717, 1.165) is 42.1 Å². The van der Waals surface area contributed by atoms with E-state index in [1.54, 1.807) is 0 Å². The van der Waals surface area contributed by atoms with E-state index in [1.807, 2.05) is 36.5 Å². The summed E-state index contributed by atoms with van der Waals surface area (Å²) in [6.45, 7) is 0. The number of nitro benzene ring substituents is 1. The average Bonchev–Trinajstić information content (AvgIpc) is 3.43. The lowest BCUT2D eigenvalue weighted by Crippen LogP contribution is -2.13. The summed E-state index contributed by atoms with van der Waals surface area (Å²) in [7, 11) is 1.33. The van der Waals surface area contributed by atoms with Crippen LogP contribution in [0.2, 0.25) is 0 Å². The number of nitrogens with zero attached hydrogens (tertiary/aromatic N) is 1. The lowest BCUT2D eigenvalue weighted by atomic mass is 9.97. The number of carbonyl (C=O) groups excluding carboxylic acids is 1. The topological polar surface area (TPSA) is 94.5 Å². The number of methoxy groups -OCH3 is 1. The van der Waals surface area contributed by atoms with Crippen molar-refractivity contribution in [3.63, 3.8) is 0 Å². The van der Waals surface area contributed by atoms with Crippen LogP contribution in [0.5, 0.6) is 5.75 Å². The van der Waals surface area contributed by atoms with E-state index in [9.17, 15) is 14.9 Å². The molecule has 0 aliphatic heterocycles. The SMILES string of the molecule is COC(=O)CCc1cc(-c2ccc3[nH]ccc3c2)c(OC2CCCC2)c([N+](=O)[O-])c1. The number of H-pyrrole nitrogens is 1. The highest BCUT2D eigenvalue weighted by Gasteiger charge is 2.27. The first-order valence-electron chi connectivity index (χ1n) is 10.2. The van der Waals surface area contributed by atoms with Gasteiger partial charge in [-0.1, -0.05) is 6.07 Å². The Morgan fingerprint density at radius 2 is 2.00 bits per heavy atom. The Bertz CT molecular complexity index is 1080. The Hall–Kier alpha value is -3.35. The highest BCUT2D eigenvalue weighted by atomic mass is 16.6. The second-order valence-electron chi connectivity index (χ2n) is 7.63. The molecule has 3 aromatic rings. The van der Waals surface area contributed by atoms with Gasteiger partial charge in [0.2, 0.25) is 5.75 Å². The predicted molar refractivity (Wildman–Crippen MR) is 114 cm³/mol. The van der Waals surface area contributed by atoms with Crippen molar-refractivity contribution in [2.45, 2.75) is 44.6 Å². The Morgan fingerprint density at radius 1 is 1.20 bits per heavy atom. The summed E-state index contributed by atoms with van der Waals surface area (Å²) in [4.78, 5) is 26.3. The molecule has 0 spiro atoms. The molecule has 0 unspecified atom stereocenters. The van der Waals surface area contributed by atoms with E-state index >= 15 is 0 Å². The Kier molecular flexibility index (Phi) is 5.70. The molecule has 2 aromatic carbocycles. The molecule has 1 heterocycles. The quantitative estimate of drug-likeness (QED) is 0.331. The second kappa shape index (κ2) is 8.57. The number of ether oxygens (including phenoxy) is 2. The van der Waals surface area contributed by atoms with Crippen molar-refractivity contribution in [3.8, 4) is 16.9 Å². The number of carbonyl (C=O) groups is 1. The largest absolute Gasteiger partial charge is 0.483 e. The van der Waals surface area contributed by atoms with Gasteiger partial charge in [-0.15, -0.1) is 0 Å². The maximum Gasteiger partial charge on any atom is 0.311 e. The number of benzene rings is 2. The molecule has 0 radical (unpaired) electrons. The lowest BCUT2D eigenvalue weighted by molar-refractivity contribution is -0.386. The van der Waals surface area contributed by atoms with Crippen LogP contribution >= 0.6 is 0 Å². The van der Waals surface area contributed by atoms with Gasteiger partial charge in [0, 0.05) is 29.8 Å². The molecule has 0 atom stereocenters. The fourth-order valence-electron chi connectivity index (χ4n) is 4.03. The number of rotatable bonds is 7. The molecule has 1 aliphatic rings. The van der Waals surface area contributed by atoms with Crippen LogP contribution in [0.4, 0.5) is 5.69 Å². The van der Waals surface area contributed by atoms with Crippen molar-refractivity contribution in [2.24, 2.45) is 0 Å². The number of hydrogen-bond donors (Lipinski definition) is 1. The molecule has 7 heteroatoms. The summed E-state index contributed by atoms with van der Waals surface area (Å²) in [5.41, 5.74) is 3.16. The number of nitrogens with one attached hydrogen (secondary N) is 1. The first-order chi connectivity index (χ1) is 14.5. The average molecular weight is 408 g/mol. The van der Waals surface area contributed by atoms with Crippen LogP contribution in [-0.4, -0.2) is 29.1 Å². The van der Waals surface area contributed by atoms with Gasteiger partial charge in [-0.25, -0.2) is 0 Å². The van der Waals surface area contributed by atoms with Gasteiger partial charge in [0.15, 0.2) is 0 Å². The Balaban J connectivity index is 1.82. The molecule has 30 heavy (non-hydrogen) atoms. The van der Waals surface area contributed by atoms with Gasteiger partial charge in [0.05, 0.1) is 18.1 Å². The minimum absolute atomic E-state index is 0.0145. The van der Waals surface area contributed by atoms with E-state index in [1.165, 1.54) is 13.2 Å². The van der Waals surface area contributed by atoms with Gasteiger partial charge in [-0.3, -0.25) is 14.9 Å². The first kappa shape index (κ1) is 19.9. The van der Waals surface area contributed by atoms with Crippen molar-refractivity contribution in [1.29, 1.82) is 0 Å². The third kappa shape index (κ3) is 4.15. The number of aromatic amines is 1. The monoisotopic (exact) mass is 408 g/mol. The van der Waals surface area contributed by atoms with Crippen LogP contribution in [-0.2, 0) is 16.0 Å². The molecule has 156 valence electrons. The van der Waals surface area contributed by atoms with Crippen molar-refractivity contribution in [2.75, 3.05) is 7.11 Å². The van der Waals surface area contributed by atoms with Gasteiger partial charge in [0.25, 0.3) is 0 Å². The standard InChI is InChI=1S/C23H24N2O5/c1-29-22(26)9-6-15-12-19(16-7-8-20-17(14-16)10-11-24-20)23(21(13-15)25(27)28)30-18-4-2-3-5-18/h7-8,10-14,18,24H,2-6,9H2,1H3. The van der Waals surface area contributed by atoms with Crippen molar-refractivity contribution in [1.82, 2.24) is 4.98 Å². The molecule has 7 nitrogen and oxygen atoms in total. The molecule has 1 aromatic heterocycles. The van der Waals surface area contributed by atoms with Crippen molar-refractivity contribution < 1.29 is 19.2 Å². The van der Waals surface area contributed by atoms with E-state index in [-0.39, 0.29) is 24.2 Å². The highest BCUT2D eigenvalue weighted by Crippen LogP contribution is 2.42. The third-order valence-corrected chi connectivity index (χ3v) is 5.62. The summed E-state index contributed by atoms with van der Waals surface area (Å²) in [5, 5.41) is 12.9. The fraction of sp³-hybridized carbons (Fsp3) is 0.348. The molecule has 4 rings (SSSR count). The number of hydrogen-bond acceptors (Lipinski definition) is 5. The zero-order valence-corrected chi connectivity index (χ0v) is 16.8. The molecular weight excluding hydrogens is 384 g/mol. The molecule has 0 bridgehead atoms. The summed E-state index contributed by atoms with van der Waals surface area (Å²) in [6, 6.07) is 11.3. The Labute approximate surface area is 174 Å². The van der Waals surface area contributed by atoms with Crippen LogP contribution in [0.15, 0.2) is 42.6 Å². The normalized spacial score (nSPS) is 14.2. The minimum atomic E-state index is -0.399. The summed E-state index contributed by atoms with van der Waals surface area (Å²) in [6.07, 6.45) is 6.30. The number of esters is 1. The van der Waals surface area contributed by atoms with Crippen molar-refractivity contribution in [3.05, 3.63) is 58.3 Å². The lowest BCUT2D eigenvalue weighted by Gasteiger charge is -2.18. The first-order valence-corrected chi connectivity index (χ1v) is 10.2. The molecule has 1 aliphatic carbocycles. The number of aromatic nitrogens is 1. The van der Waals surface area contributed by atoms with Crippen molar-refractivity contribution >= 4 is 22.6 Å². The number of aryl methyl sites for hydroxylation is 1. The van der Waals surface area contributed by atoms with Crippen LogP contribution in [0.3, 0.4) is 0 Å². The van der Waals surface area contributed by atoms with Gasteiger partial charge in [-0.05, 0) is 72.9 Å². The number of nitro groups is 1. The molecule has 1 N–H and O–H groups in total. The molecular formula is C23H24N2O5. The minimum Gasteiger partial charge on any atom is -0.483 e. The van der Waals surface area contributed by atoms with Gasteiger partial charge >= 0.3 is 11.7 Å². The van der Waals surface area contributed by atoms with Gasteiger partial charge < -0.3 is 14.5 Å². The Morgan fingerprint density at radius 3 is 2.73 bits per heavy atom. The number of fused-ring (bicyclic) bond motifs is 1. The third-order valence-electron chi connectivity index (χ3n) is 5.62. The maximum absolute atomic E-state index is 11.9. The van der Waals surface area contributed by atoms with E-state index in [0.29, 0.717) is 23.3 Å². The van der Waals surface area contributed by atoms with Crippen LogP contribution in [0, 0.1) is 10.1 Å². The zero-order chi connectivity index (χ0) is 21.1. The molecule has 1 fully saturated rings. The smallest absolute Gasteiger partial charge is 0.311 e. The van der Waals surface area contributed by atoms with Gasteiger partial charge in [0.1, 0.15) is 0 Å². The second-order valence-corrected chi connectivity index (χ2v) is 7.63. The van der Waals surface area contributed by atoms with E-state index in [4.69, 9.17) is 9.47 Å². The summed E-state index contributed by atoms with van der Waals surface area (Å²) < 4.78 is 10.9. The van der Waals surface area contributed by atoms with Crippen LogP contribution < -0.4 is 4.74 Å². The van der Waals surface area contributed by atoms with E-state index < -0.39 is 4.92 Å². The summed E-state index contributed by atoms with van der Waals surface area (Å²) in [5.74, 6) is -0.0390. The zero-order valence-electron chi connectivity index (χ0n) is 16.8. The molecule has 0 saturated heterocycles. The van der Waals surface area contributed by atoms with Crippen LogP contribution in [0.25, 0.3) is 22.0 Å². The highest BCUT2D eigenvalue weighted by molar-refractivity contribution is 5.87. The predicted octanol–water partition coefficient (Wildman–Crippen LogP) is 5.17.